The van der Waals surface area contributed by atoms with E-state index in [1.807, 2.05) is 13.0 Å². The number of methoxy groups -OCH3 is 1. The number of amides is 1. The minimum atomic E-state index is -0.116. The third-order valence-electron chi connectivity index (χ3n) is 3.38. The summed E-state index contributed by atoms with van der Waals surface area (Å²) in [6.07, 6.45) is 2.03. The molecule has 1 unspecified atom stereocenters. The van der Waals surface area contributed by atoms with Crippen molar-refractivity contribution in [2.45, 2.75) is 25.9 Å². The summed E-state index contributed by atoms with van der Waals surface area (Å²) in [5.74, 6) is -0.0613. The number of carbonyl (C=O) groups excluding carboxylic acids is 1. The summed E-state index contributed by atoms with van der Waals surface area (Å²) >= 11 is 0. The lowest BCUT2D eigenvalue weighted by molar-refractivity contribution is 0.0267. The zero-order valence-corrected chi connectivity index (χ0v) is 10.8. The minimum absolute atomic E-state index is 0.0551. The zero-order chi connectivity index (χ0) is 13.1. The number of likely N-dealkylation sites (tertiary alicyclic amines) is 1. The predicted molar refractivity (Wildman–Crippen MR) is 68.8 cm³/mol. The number of rotatable bonds is 2. The molecule has 1 saturated heterocycles. The number of nitrogens with zero attached hydrogens (tertiary/aromatic N) is 1. The van der Waals surface area contributed by atoms with Crippen LogP contribution in [0, 0.1) is 6.92 Å². The molecular weight excluding hydrogens is 230 g/mol. The molecule has 2 rings (SSSR count). The second-order valence-electron chi connectivity index (χ2n) is 4.77. The largest absolute Gasteiger partial charge is 0.507 e. The Morgan fingerprint density at radius 1 is 1.50 bits per heavy atom. The van der Waals surface area contributed by atoms with Gasteiger partial charge in [0.1, 0.15) is 5.75 Å². The number of benzene rings is 1. The fraction of sp³-hybridized carbons (Fsp3) is 0.500. The lowest BCUT2D eigenvalue weighted by atomic mass is 10.1. The molecule has 1 fully saturated rings. The molecule has 1 heterocycles. The summed E-state index contributed by atoms with van der Waals surface area (Å²) in [7, 11) is 1.67. The number of aryl methyl sites for hydroxylation is 1. The molecule has 18 heavy (non-hydrogen) atoms. The van der Waals surface area contributed by atoms with Gasteiger partial charge in [0.05, 0.1) is 11.7 Å². The van der Waals surface area contributed by atoms with E-state index in [1.165, 1.54) is 0 Å². The van der Waals surface area contributed by atoms with Crippen LogP contribution in [-0.2, 0) is 4.74 Å². The standard InChI is InChI=1S/C14H19NO3/c1-10-5-6-12(13(16)8-10)14(17)15-7-3-4-11(9-15)18-2/h5-6,8,11,16H,3-4,7,9H2,1-2H3. The first-order valence-corrected chi connectivity index (χ1v) is 6.23. The third-order valence-corrected chi connectivity index (χ3v) is 3.38. The summed E-state index contributed by atoms with van der Waals surface area (Å²) in [5.41, 5.74) is 1.31. The van der Waals surface area contributed by atoms with Gasteiger partial charge in [-0.05, 0) is 37.5 Å². The van der Waals surface area contributed by atoms with Crippen LogP contribution in [0.1, 0.15) is 28.8 Å². The maximum absolute atomic E-state index is 12.3. The van der Waals surface area contributed by atoms with Crippen LogP contribution < -0.4 is 0 Å². The summed E-state index contributed by atoms with van der Waals surface area (Å²) in [6.45, 7) is 3.21. The summed E-state index contributed by atoms with van der Waals surface area (Å²) in [4.78, 5) is 14.1. The number of hydrogen-bond donors (Lipinski definition) is 1. The number of hydrogen-bond acceptors (Lipinski definition) is 3. The lowest BCUT2D eigenvalue weighted by Crippen LogP contribution is -2.42. The Kier molecular flexibility index (Phi) is 3.87. The highest BCUT2D eigenvalue weighted by molar-refractivity contribution is 5.97. The van der Waals surface area contributed by atoms with Crippen molar-refractivity contribution in [2.75, 3.05) is 20.2 Å². The SMILES string of the molecule is COC1CCCN(C(=O)c2ccc(C)cc2O)C1. The Bertz CT molecular complexity index is 445. The summed E-state index contributed by atoms with van der Waals surface area (Å²) in [6, 6.07) is 5.14. The van der Waals surface area contributed by atoms with Gasteiger partial charge in [0.2, 0.25) is 0 Å². The first-order chi connectivity index (χ1) is 8.61. The molecule has 0 aliphatic carbocycles. The van der Waals surface area contributed by atoms with Gasteiger partial charge in [0, 0.05) is 20.2 Å². The van der Waals surface area contributed by atoms with Gasteiger partial charge in [0.15, 0.2) is 0 Å². The Hall–Kier alpha value is -1.55. The highest BCUT2D eigenvalue weighted by Gasteiger charge is 2.25. The van der Waals surface area contributed by atoms with E-state index >= 15 is 0 Å². The molecule has 4 heteroatoms. The van der Waals surface area contributed by atoms with Gasteiger partial charge < -0.3 is 14.7 Å². The summed E-state index contributed by atoms with van der Waals surface area (Å²) in [5, 5.41) is 9.84. The molecule has 1 aliphatic heterocycles. The average molecular weight is 249 g/mol. The highest BCUT2D eigenvalue weighted by atomic mass is 16.5. The van der Waals surface area contributed by atoms with Gasteiger partial charge in [-0.3, -0.25) is 4.79 Å². The molecule has 1 amide bonds. The van der Waals surface area contributed by atoms with Crippen LogP contribution in [0.2, 0.25) is 0 Å². The molecule has 0 saturated carbocycles. The van der Waals surface area contributed by atoms with Gasteiger partial charge in [-0.1, -0.05) is 6.07 Å². The van der Waals surface area contributed by atoms with Crippen molar-refractivity contribution in [2.24, 2.45) is 0 Å². The van der Waals surface area contributed by atoms with E-state index in [0.717, 1.165) is 24.9 Å². The van der Waals surface area contributed by atoms with Crippen LogP contribution in [0.4, 0.5) is 0 Å². The number of ether oxygens (including phenoxy) is 1. The van der Waals surface area contributed by atoms with Crippen molar-refractivity contribution >= 4 is 5.91 Å². The molecular formula is C14H19NO3. The van der Waals surface area contributed by atoms with Crippen molar-refractivity contribution in [3.05, 3.63) is 29.3 Å². The van der Waals surface area contributed by atoms with E-state index in [1.54, 1.807) is 24.1 Å². The minimum Gasteiger partial charge on any atom is -0.507 e. The molecule has 1 aromatic carbocycles. The molecule has 0 radical (unpaired) electrons. The predicted octanol–water partition coefficient (Wildman–Crippen LogP) is 1.95. The molecule has 98 valence electrons. The number of phenols is 1. The van der Waals surface area contributed by atoms with E-state index in [-0.39, 0.29) is 17.8 Å². The topological polar surface area (TPSA) is 49.8 Å². The normalized spacial score (nSPS) is 19.9. The van der Waals surface area contributed by atoms with Gasteiger partial charge in [0.25, 0.3) is 5.91 Å². The van der Waals surface area contributed by atoms with Gasteiger partial charge in [-0.15, -0.1) is 0 Å². The van der Waals surface area contributed by atoms with Crippen molar-refractivity contribution in [1.29, 1.82) is 0 Å². The van der Waals surface area contributed by atoms with Crippen LogP contribution >= 0.6 is 0 Å². The molecule has 1 aromatic rings. The van der Waals surface area contributed by atoms with Crippen molar-refractivity contribution in [1.82, 2.24) is 4.90 Å². The Labute approximate surface area is 107 Å². The fourth-order valence-electron chi connectivity index (χ4n) is 2.31. The number of piperidine rings is 1. The lowest BCUT2D eigenvalue weighted by Gasteiger charge is -2.32. The molecule has 0 bridgehead atoms. The highest BCUT2D eigenvalue weighted by Crippen LogP contribution is 2.22. The molecule has 4 nitrogen and oxygen atoms in total. The second-order valence-corrected chi connectivity index (χ2v) is 4.77. The monoisotopic (exact) mass is 249 g/mol. The van der Waals surface area contributed by atoms with Crippen LogP contribution in [0.5, 0.6) is 5.75 Å². The van der Waals surface area contributed by atoms with Crippen LogP contribution in [0.25, 0.3) is 0 Å². The first kappa shape index (κ1) is 12.9. The maximum Gasteiger partial charge on any atom is 0.257 e. The molecule has 1 atom stereocenters. The van der Waals surface area contributed by atoms with E-state index in [0.29, 0.717) is 12.1 Å². The fourth-order valence-corrected chi connectivity index (χ4v) is 2.31. The number of phenolic OH excluding ortho intramolecular Hbond substituents is 1. The van der Waals surface area contributed by atoms with Crippen molar-refractivity contribution in [3.8, 4) is 5.75 Å². The van der Waals surface area contributed by atoms with Gasteiger partial charge in [-0.25, -0.2) is 0 Å². The van der Waals surface area contributed by atoms with Crippen molar-refractivity contribution in [3.63, 3.8) is 0 Å². The van der Waals surface area contributed by atoms with E-state index in [2.05, 4.69) is 0 Å². The zero-order valence-electron chi connectivity index (χ0n) is 10.8. The Morgan fingerprint density at radius 2 is 2.28 bits per heavy atom. The van der Waals surface area contributed by atoms with Crippen LogP contribution in [0.15, 0.2) is 18.2 Å². The van der Waals surface area contributed by atoms with Gasteiger partial charge >= 0.3 is 0 Å². The third kappa shape index (κ3) is 2.64. The number of carbonyl (C=O) groups is 1. The smallest absolute Gasteiger partial charge is 0.257 e. The molecule has 1 N–H and O–H groups in total. The molecule has 1 aliphatic rings. The van der Waals surface area contributed by atoms with Crippen LogP contribution in [-0.4, -0.2) is 42.2 Å². The van der Waals surface area contributed by atoms with Crippen LogP contribution in [0.3, 0.4) is 0 Å². The van der Waals surface area contributed by atoms with Gasteiger partial charge in [-0.2, -0.15) is 0 Å². The molecule has 0 spiro atoms. The Morgan fingerprint density at radius 3 is 2.94 bits per heavy atom. The Balaban J connectivity index is 2.15. The second kappa shape index (κ2) is 5.40. The van der Waals surface area contributed by atoms with E-state index in [4.69, 9.17) is 4.74 Å². The first-order valence-electron chi connectivity index (χ1n) is 6.23. The maximum atomic E-state index is 12.3. The van der Waals surface area contributed by atoms with E-state index in [9.17, 15) is 9.90 Å². The van der Waals surface area contributed by atoms with Crippen molar-refractivity contribution < 1.29 is 14.6 Å². The van der Waals surface area contributed by atoms with E-state index < -0.39 is 0 Å². The molecule has 0 aromatic heterocycles. The number of aromatic hydroxyl groups is 1. The average Bonchev–Trinajstić information content (AvgIpc) is 2.38. The quantitative estimate of drug-likeness (QED) is 0.871. The summed E-state index contributed by atoms with van der Waals surface area (Å²) < 4.78 is 5.30.